The number of benzene rings is 1. The van der Waals surface area contributed by atoms with Gasteiger partial charge in [0.15, 0.2) is 23.3 Å². The second-order valence-corrected chi connectivity index (χ2v) is 2.11. The highest BCUT2D eigenvalue weighted by molar-refractivity contribution is 5.75. The van der Waals surface area contributed by atoms with Crippen LogP contribution in [0.15, 0.2) is 5.11 Å². The van der Waals surface area contributed by atoms with Gasteiger partial charge in [0, 0.05) is 4.91 Å². The van der Waals surface area contributed by atoms with Crippen molar-refractivity contribution >= 4 is 16.7 Å². The Bertz CT molecular complexity index is 414. The molecule has 0 saturated heterocycles. The van der Waals surface area contributed by atoms with Gasteiger partial charge in [0.1, 0.15) is 5.69 Å². The van der Waals surface area contributed by atoms with Crippen molar-refractivity contribution in [2.45, 2.75) is 0 Å². The summed E-state index contributed by atoms with van der Waals surface area (Å²) in [5, 5.41) is 2.35. The minimum Gasteiger partial charge on any atom is -0.203 e. The van der Waals surface area contributed by atoms with E-state index in [0.717, 1.165) is 0 Å². The fraction of sp³-hybridized carbons (Fsp3) is 0. The van der Waals surface area contributed by atoms with Crippen LogP contribution >= 0.6 is 0 Å². The first kappa shape index (κ1) is 13.4. The Morgan fingerprint density at radius 3 is 1.47 bits per heavy atom. The van der Waals surface area contributed by atoms with E-state index in [1.807, 2.05) is 4.91 Å². The molecular formula is C6H4F5N3Si. The topological polar surface area (TPSA) is 48.8 Å². The van der Waals surface area contributed by atoms with Crippen molar-refractivity contribution in [2.24, 2.45) is 5.11 Å². The molecule has 0 spiro atoms. The molecule has 1 rings (SSSR count). The Hall–Kier alpha value is -1.60. The van der Waals surface area contributed by atoms with E-state index in [-0.39, 0.29) is 11.0 Å². The lowest BCUT2D eigenvalue weighted by molar-refractivity contribution is 0.381. The predicted molar refractivity (Wildman–Crippen MR) is 46.4 cm³/mol. The van der Waals surface area contributed by atoms with Crippen molar-refractivity contribution < 1.29 is 22.0 Å². The molecule has 0 aliphatic heterocycles. The van der Waals surface area contributed by atoms with Crippen LogP contribution in [0.2, 0.25) is 0 Å². The SMILES string of the molecule is [N-]=[N+]=Nc1c(F)c(F)c(F)c(F)c1F.[SiH4]. The fourth-order valence-electron chi connectivity index (χ4n) is 0.726. The van der Waals surface area contributed by atoms with Gasteiger partial charge in [-0.25, -0.2) is 22.0 Å². The number of azide groups is 1. The molecule has 0 amide bonds. The third kappa shape index (κ3) is 2.08. The monoisotopic (exact) mass is 241 g/mol. The molecule has 0 saturated carbocycles. The quantitative estimate of drug-likeness (QED) is 0.137. The standard InChI is InChI=1S/C6F5N3.H4Si/c7-1-2(8)4(10)6(13-14-12)5(11)3(1)9;/h;1H4. The Labute approximate surface area is 84.2 Å². The molecule has 1 aromatic rings. The van der Waals surface area contributed by atoms with Crippen molar-refractivity contribution in [2.75, 3.05) is 0 Å². The molecule has 0 N–H and O–H groups in total. The van der Waals surface area contributed by atoms with Crippen molar-refractivity contribution in [3.63, 3.8) is 0 Å². The first-order chi connectivity index (χ1) is 6.50. The van der Waals surface area contributed by atoms with Crippen LogP contribution in [0.1, 0.15) is 0 Å². The lowest BCUT2D eigenvalue weighted by Crippen LogP contribution is -2.00. The molecule has 1 aromatic carbocycles. The molecule has 0 radical (unpaired) electrons. The van der Waals surface area contributed by atoms with E-state index in [1.165, 1.54) is 0 Å². The second-order valence-electron chi connectivity index (χ2n) is 2.11. The number of hydrogen-bond acceptors (Lipinski definition) is 1. The smallest absolute Gasteiger partial charge is 0.200 e. The van der Waals surface area contributed by atoms with Gasteiger partial charge in [0.25, 0.3) is 0 Å². The first-order valence-corrected chi connectivity index (χ1v) is 3.07. The lowest BCUT2D eigenvalue weighted by atomic mass is 10.2. The normalized spacial score (nSPS) is 9.13. The summed E-state index contributed by atoms with van der Waals surface area (Å²) in [6.07, 6.45) is 0. The van der Waals surface area contributed by atoms with Gasteiger partial charge >= 0.3 is 0 Å². The van der Waals surface area contributed by atoms with E-state index in [1.54, 1.807) is 0 Å². The van der Waals surface area contributed by atoms with Crippen molar-refractivity contribution in [3.8, 4) is 0 Å². The van der Waals surface area contributed by atoms with Crippen LogP contribution in [0.5, 0.6) is 0 Å². The van der Waals surface area contributed by atoms with Crippen LogP contribution < -0.4 is 0 Å². The zero-order valence-corrected chi connectivity index (χ0v) is 6.23. The molecule has 0 aromatic heterocycles. The van der Waals surface area contributed by atoms with Crippen LogP contribution in [0.25, 0.3) is 10.4 Å². The number of hydrogen-bond donors (Lipinski definition) is 0. The molecule has 9 heteroatoms. The van der Waals surface area contributed by atoms with E-state index >= 15 is 0 Å². The highest BCUT2D eigenvalue weighted by atomic mass is 28.1. The maximum absolute atomic E-state index is 12.6. The molecule has 0 bridgehead atoms. The van der Waals surface area contributed by atoms with Gasteiger partial charge < -0.3 is 0 Å². The first-order valence-electron chi connectivity index (χ1n) is 3.07. The summed E-state index contributed by atoms with van der Waals surface area (Å²) in [6.45, 7) is 0. The van der Waals surface area contributed by atoms with Crippen molar-refractivity contribution in [1.82, 2.24) is 0 Å². The Balaban J connectivity index is 0.00000196. The third-order valence-corrected chi connectivity index (χ3v) is 1.33. The zero-order valence-electron chi connectivity index (χ0n) is 6.23. The van der Waals surface area contributed by atoms with Crippen molar-refractivity contribution in [3.05, 3.63) is 39.5 Å². The number of halogens is 5. The van der Waals surface area contributed by atoms with Crippen LogP contribution in [0.3, 0.4) is 0 Å². The molecule has 82 valence electrons. The van der Waals surface area contributed by atoms with E-state index < -0.39 is 34.8 Å². The van der Waals surface area contributed by atoms with Gasteiger partial charge in [-0.15, -0.1) is 0 Å². The van der Waals surface area contributed by atoms with E-state index in [2.05, 4.69) is 5.11 Å². The summed E-state index contributed by atoms with van der Waals surface area (Å²) in [5.41, 5.74) is 6.27. The van der Waals surface area contributed by atoms with Crippen LogP contribution in [-0.2, 0) is 0 Å². The summed E-state index contributed by atoms with van der Waals surface area (Å²) in [5.74, 6) is -10.9. The Morgan fingerprint density at radius 2 is 1.13 bits per heavy atom. The second kappa shape index (κ2) is 4.76. The molecule has 0 aliphatic carbocycles. The zero-order chi connectivity index (χ0) is 10.9. The molecule has 3 nitrogen and oxygen atoms in total. The Kier molecular flexibility index (Phi) is 4.25. The van der Waals surface area contributed by atoms with E-state index in [4.69, 9.17) is 5.53 Å². The van der Waals surface area contributed by atoms with Gasteiger partial charge in [-0.3, -0.25) is 0 Å². The van der Waals surface area contributed by atoms with Gasteiger partial charge in [-0.2, -0.15) is 0 Å². The highest BCUT2D eigenvalue weighted by Crippen LogP contribution is 2.29. The van der Waals surface area contributed by atoms with Gasteiger partial charge in [0.2, 0.25) is 5.82 Å². The summed E-state index contributed by atoms with van der Waals surface area (Å²) in [4.78, 5) is 1.93. The predicted octanol–water partition coefficient (Wildman–Crippen LogP) is 1.87. The molecule has 0 aliphatic rings. The summed E-state index contributed by atoms with van der Waals surface area (Å²) < 4.78 is 62.3. The molecule has 0 fully saturated rings. The maximum atomic E-state index is 12.6. The average molecular weight is 241 g/mol. The van der Waals surface area contributed by atoms with Gasteiger partial charge in [0.05, 0.1) is 0 Å². The molecule has 0 atom stereocenters. The largest absolute Gasteiger partial charge is 0.203 e. The van der Waals surface area contributed by atoms with Gasteiger partial charge in [-0.05, 0) is 16.5 Å². The van der Waals surface area contributed by atoms with E-state index in [0.29, 0.717) is 0 Å². The minimum absolute atomic E-state index is 0. The number of rotatable bonds is 1. The molecule has 0 unspecified atom stereocenters. The Morgan fingerprint density at radius 1 is 0.800 bits per heavy atom. The van der Waals surface area contributed by atoms with Crippen LogP contribution in [0, 0.1) is 29.1 Å². The van der Waals surface area contributed by atoms with Crippen LogP contribution in [0.4, 0.5) is 27.6 Å². The fourth-order valence-corrected chi connectivity index (χ4v) is 0.726. The van der Waals surface area contributed by atoms with Crippen LogP contribution in [-0.4, -0.2) is 11.0 Å². The third-order valence-electron chi connectivity index (χ3n) is 1.33. The number of nitrogens with zero attached hydrogens (tertiary/aromatic N) is 3. The van der Waals surface area contributed by atoms with Crippen molar-refractivity contribution in [1.29, 1.82) is 0 Å². The molecule has 0 heterocycles. The molecule has 15 heavy (non-hydrogen) atoms. The summed E-state index contributed by atoms with van der Waals surface area (Å²) >= 11 is 0. The highest BCUT2D eigenvalue weighted by Gasteiger charge is 2.24. The molecular weight excluding hydrogens is 237 g/mol. The summed E-state index contributed by atoms with van der Waals surface area (Å²) in [6, 6.07) is 0. The minimum atomic E-state index is -2.29. The lowest BCUT2D eigenvalue weighted by Gasteiger charge is -2.02. The summed E-state index contributed by atoms with van der Waals surface area (Å²) in [7, 11) is 0. The van der Waals surface area contributed by atoms with E-state index in [9.17, 15) is 22.0 Å². The maximum Gasteiger partial charge on any atom is 0.200 e. The average Bonchev–Trinajstić information content (AvgIpc) is 2.19. The van der Waals surface area contributed by atoms with Gasteiger partial charge in [-0.1, -0.05) is 5.11 Å².